The van der Waals surface area contributed by atoms with Crippen LogP contribution in [0.4, 0.5) is 0 Å². The van der Waals surface area contributed by atoms with Crippen LogP contribution in [0, 0.1) is 5.41 Å². The Balaban J connectivity index is 2.98. The molecule has 0 aliphatic heterocycles. The van der Waals surface area contributed by atoms with Crippen LogP contribution in [0.2, 0.25) is 0 Å². The van der Waals surface area contributed by atoms with Gasteiger partial charge in [0.25, 0.3) is 5.91 Å². The Morgan fingerprint density at radius 2 is 1.83 bits per heavy atom. The van der Waals surface area contributed by atoms with E-state index < -0.39 is 5.91 Å². The van der Waals surface area contributed by atoms with E-state index in [0.29, 0.717) is 5.56 Å². The highest BCUT2D eigenvalue weighted by Crippen LogP contribution is 2.07. The highest BCUT2D eigenvalue weighted by molar-refractivity contribution is 7.80. The molecular weight excluding hydrogens is 172 g/mol. The molecule has 1 aromatic rings. The number of rotatable bonds is 2. The summed E-state index contributed by atoms with van der Waals surface area (Å²) < 4.78 is 0. The SMILES string of the molecule is N=C(C(N)=O)c1ccc(S)cc1. The number of primary amides is 1. The van der Waals surface area contributed by atoms with Crippen molar-refractivity contribution in [2.24, 2.45) is 5.73 Å². The summed E-state index contributed by atoms with van der Waals surface area (Å²) >= 11 is 4.07. The van der Waals surface area contributed by atoms with Crippen LogP contribution in [-0.4, -0.2) is 11.6 Å². The Morgan fingerprint density at radius 3 is 2.25 bits per heavy atom. The molecule has 0 atom stereocenters. The van der Waals surface area contributed by atoms with Gasteiger partial charge in [0.05, 0.1) is 0 Å². The molecule has 0 fully saturated rings. The number of benzene rings is 1. The van der Waals surface area contributed by atoms with E-state index >= 15 is 0 Å². The van der Waals surface area contributed by atoms with Gasteiger partial charge in [-0.3, -0.25) is 10.2 Å². The first-order chi connectivity index (χ1) is 5.61. The number of carbonyl (C=O) groups is 1. The zero-order valence-electron chi connectivity index (χ0n) is 6.24. The summed E-state index contributed by atoms with van der Waals surface area (Å²) in [6.07, 6.45) is 0. The topological polar surface area (TPSA) is 66.9 Å². The molecule has 0 spiro atoms. The van der Waals surface area contributed by atoms with Crippen LogP contribution >= 0.6 is 12.6 Å². The molecule has 4 heteroatoms. The maximum atomic E-state index is 10.6. The minimum absolute atomic E-state index is 0.177. The second-order valence-corrected chi connectivity index (χ2v) is 2.80. The molecule has 0 unspecified atom stereocenters. The monoisotopic (exact) mass is 180 g/mol. The van der Waals surface area contributed by atoms with Gasteiger partial charge in [0.2, 0.25) is 0 Å². The average molecular weight is 180 g/mol. The molecule has 0 aliphatic rings. The van der Waals surface area contributed by atoms with Gasteiger partial charge >= 0.3 is 0 Å². The predicted octanol–water partition coefficient (Wildman–Crippen LogP) is 0.828. The maximum Gasteiger partial charge on any atom is 0.267 e. The summed E-state index contributed by atoms with van der Waals surface area (Å²) in [7, 11) is 0. The van der Waals surface area contributed by atoms with Crippen molar-refractivity contribution in [3.63, 3.8) is 0 Å². The summed E-state index contributed by atoms with van der Waals surface area (Å²) in [4.78, 5) is 11.4. The highest BCUT2D eigenvalue weighted by atomic mass is 32.1. The normalized spacial score (nSPS) is 9.42. The van der Waals surface area contributed by atoms with E-state index in [4.69, 9.17) is 11.1 Å². The standard InChI is InChI=1S/C8H8N2OS/c9-7(8(10)11)5-1-3-6(12)4-2-5/h1-4,9,12H,(H2,10,11). The van der Waals surface area contributed by atoms with Crippen molar-refractivity contribution >= 4 is 24.2 Å². The second-order valence-electron chi connectivity index (χ2n) is 2.29. The number of hydrogen-bond donors (Lipinski definition) is 3. The molecule has 12 heavy (non-hydrogen) atoms. The molecule has 1 rings (SSSR count). The van der Waals surface area contributed by atoms with E-state index in [-0.39, 0.29) is 5.71 Å². The van der Waals surface area contributed by atoms with Gasteiger partial charge in [0.15, 0.2) is 0 Å². The zero-order valence-corrected chi connectivity index (χ0v) is 7.14. The van der Waals surface area contributed by atoms with Gasteiger partial charge < -0.3 is 5.73 Å². The molecule has 0 aliphatic carbocycles. The average Bonchev–Trinajstić information content (AvgIpc) is 2.04. The van der Waals surface area contributed by atoms with Gasteiger partial charge in [0.1, 0.15) is 5.71 Å². The van der Waals surface area contributed by atoms with Crippen molar-refractivity contribution in [3.8, 4) is 0 Å². The molecular formula is C8H8N2OS. The first-order valence-electron chi connectivity index (χ1n) is 3.29. The van der Waals surface area contributed by atoms with Crippen LogP contribution in [0.25, 0.3) is 0 Å². The Morgan fingerprint density at radius 1 is 1.33 bits per heavy atom. The zero-order chi connectivity index (χ0) is 9.14. The van der Waals surface area contributed by atoms with Gasteiger partial charge in [0, 0.05) is 10.5 Å². The summed E-state index contributed by atoms with van der Waals surface area (Å²) in [6, 6.07) is 6.68. The first-order valence-corrected chi connectivity index (χ1v) is 3.73. The minimum Gasteiger partial charge on any atom is -0.364 e. The summed E-state index contributed by atoms with van der Waals surface area (Å²) in [5.41, 5.74) is 5.26. The summed E-state index contributed by atoms with van der Waals surface area (Å²) in [5, 5.41) is 7.26. The maximum absolute atomic E-state index is 10.6. The van der Waals surface area contributed by atoms with E-state index in [1.165, 1.54) is 0 Å². The lowest BCUT2D eigenvalue weighted by Gasteiger charge is -1.98. The lowest BCUT2D eigenvalue weighted by atomic mass is 10.1. The van der Waals surface area contributed by atoms with Crippen molar-refractivity contribution in [3.05, 3.63) is 29.8 Å². The van der Waals surface area contributed by atoms with Crippen LogP contribution in [-0.2, 0) is 4.79 Å². The summed E-state index contributed by atoms with van der Waals surface area (Å²) in [6.45, 7) is 0. The van der Waals surface area contributed by atoms with Crippen LogP contribution in [0.5, 0.6) is 0 Å². The molecule has 0 bridgehead atoms. The quantitative estimate of drug-likeness (QED) is 0.458. The first kappa shape index (κ1) is 8.80. The fraction of sp³-hybridized carbons (Fsp3) is 0. The van der Waals surface area contributed by atoms with Gasteiger partial charge in [-0.05, 0) is 12.1 Å². The number of hydrogen-bond acceptors (Lipinski definition) is 3. The largest absolute Gasteiger partial charge is 0.364 e. The Hall–Kier alpha value is -1.29. The van der Waals surface area contributed by atoms with Crippen molar-refractivity contribution in [2.75, 3.05) is 0 Å². The third kappa shape index (κ3) is 1.85. The van der Waals surface area contributed by atoms with Gasteiger partial charge in [-0.1, -0.05) is 12.1 Å². The van der Waals surface area contributed by atoms with Gasteiger partial charge in [-0.25, -0.2) is 0 Å². The molecule has 1 amide bonds. The highest BCUT2D eigenvalue weighted by Gasteiger charge is 2.05. The molecule has 3 nitrogen and oxygen atoms in total. The van der Waals surface area contributed by atoms with Crippen molar-refractivity contribution in [1.82, 2.24) is 0 Å². The van der Waals surface area contributed by atoms with E-state index in [1.807, 2.05) is 0 Å². The predicted molar refractivity (Wildman–Crippen MR) is 49.7 cm³/mol. The fourth-order valence-corrected chi connectivity index (χ4v) is 0.919. The number of nitrogens with one attached hydrogen (secondary N) is 1. The van der Waals surface area contributed by atoms with Gasteiger partial charge in [-0.2, -0.15) is 0 Å². The van der Waals surface area contributed by atoms with Crippen molar-refractivity contribution in [1.29, 1.82) is 5.41 Å². The fourth-order valence-electron chi connectivity index (χ4n) is 0.770. The van der Waals surface area contributed by atoms with E-state index in [1.54, 1.807) is 24.3 Å². The minimum atomic E-state index is -0.720. The second kappa shape index (κ2) is 3.40. The Bertz CT molecular complexity index is 318. The molecule has 62 valence electrons. The van der Waals surface area contributed by atoms with Crippen LogP contribution < -0.4 is 5.73 Å². The third-order valence-electron chi connectivity index (χ3n) is 1.40. The van der Waals surface area contributed by atoms with Crippen LogP contribution in [0.1, 0.15) is 5.56 Å². The number of amides is 1. The van der Waals surface area contributed by atoms with Gasteiger partial charge in [-0.15, -0.1) is 12.6 Å². The van der Waals surface area contributed by atoms with E-state index in [2.05, 4.69) is 12.6 Å². The summed E-state index contributed by atoms with van der Waals surface area (Å²) in [5.74, 6) is -0.720. The van der Waals surface area contributed by atoms with Crippen molar-refractivity contribution < 1.29 is 4.79 Å². The van der Waals surface area contributed by atoms with Crippen LogP contribution in [0.3, 0.4) is 0 Å². The molecule has 0 radical (unpaired) electrons. The van der Waals surface area contributed by atoms with Crippen LogP contribution in [0.15, 0.2) is 29.2 Å². The van der Waals surface area contributed by atoms with Crippen molar-refractivity contribution in [2.45, 2.75) is 4.90 Å². The van der Waals surface area contributed by atoms with E-state index in [0.717, 1.165) is 4.90 Å². The Labute approximate surface area is 75.5 Å². The Kier molecular flexibility index (Phi) is 2.50. The number of carbonyl (C=O) groups excluding carboxylic acids is 1. The molecule has 0 saturated heterocycles. The molecule has 0 saturated carbocycles. The number of thiol groups is 1. The molecule has 0 heterocycles. The lowest BCUT2D eigenvalue weighted by Crippen LogP contribution is -2.22. The molecule has 1 aromatic carbocycles. The lowest BCUT2D eigenvalue weighted by molar-refractivity contribution is -0.112. The third-order valence-corrected chi connectivity index (χ3v) is 1.70. The number of nitrogens with two attached hydrogens (primary N) is 1. The smallest absolute Gasteiger partial charge is 0.267 e. The molecule has 0 aromatic heterocycles. The van der Waals surface area contributed by atoms with E-state index in [9.17, 15) is 4.79 Å². The molecule has 3 N–H and O–H groups in total.